The molecule has 1 saturated carbocycles. The third-order valence-corrected chi connectivity index (χ3v) is 3.60. The van der Waals surface area contributed by atoms with Gasteiger partial charge in [-0.05, 0) is 36.1 Å². The van der Waals surface area contributed by atoms with Gasteiger partial charge in [-0.1, -0.05) is 13.8 Å². The minimum absolute atomic E-state index is 0.0177. The number of carbonyl (C=O) groups excluding carboxylic acids is 1. The van der Waals surface area contributed by atoms with E-state index in [4.69, 9.17) is 4.74 Å². The Kier molecular flexibility index (Phi) is 4.28. The van der Waals surface area contributed by atoms with Gasteiger partial charge in [0.2, 0.25) is 5.91 Å². The second kappa shape index (κ2) is 5.79. The Hall–Kier alpha value is -1.62. The fraction of sp³-hybridized carbons (Fsp3) is 0.533. The van der Waals surface area contributed by atoms with Crippen LogP contribution in [0.5, 0.6) is 5.75 Å². The molecule has 110 valence electrons. The zero-order valence-corrected chi connectivity index (χ0v) is 11.7. The van der Waals surface area contributed by atoms with Gasteiger partial charge >= 0.3 is 0 Å². The van der Waals surface area contributed by atoms with Gasteiger partial charge in [0.15, 0.2) is 0 Å². The molecule has 0 heterocycles. The number of rotatable bonds is 6. The molecule has 1 amide bonds. The molecule has 1 aliphatic carbocycles. The zero-order valence-electron chi connectivity index (χ0n) is 11.7. The van der Waals surface area contributed by atoms with E-state index >= 15 is 0 Å². The van der Waals surface area contributed by atoms with Crippen LogP contribution in [-0.2, 0) is 4.79 Å². The van der Waals surface area contributed by atoms with Crippen molar-refractivity contribution < 1.29 is 19.0 Å². The van der Waals surface area contributed by atoms with Crippen LogP contribution in [0.4, 0.5) is 4.39 Å². The van der Waals surface area contributed by atoms with Gasteiger partial charge in [-0.3, -0.25) is 4.79 Å². The average Bonchev–Trinajstić information content (AvgIpc) is 3.04. The van der Waals surface area contributed by atoms with Crippen LogP contribution in [0, 0.1) is 17.2 Å². The van der Waals surface area contributed by atoms with Gasteiger partial charge in [0.05, 0.1) is 0 Å². The summed E-state index contributed by atoms with van der Waals surface area (Å²) in [5, 5.41) is 12.4. The molecular formula is C15H20FNO3. The number of amides is 1. The zero-order chi connectivity index (χ0) is 14.8. The van der Waals surface area contributed by atoms with Crippen LogP contribution < -0.4 is 10.1 Å². The molecule has 5 heteroatoms. The molecule has 2 N–H and O–H groups in total. The maximum Gasteiger partial charge on any atom is 0.223 e. The van der Waals surface area contributed by atoms with Gasteiger partial charge in [0.25, 0.3) is 0 Å². The number of nitrogens with one attached hydrogen (secondary N) is 1. The third kappa shape index (κ3) is 3.93. The van der Waals surface area contributed by atoms with Gasteiger partial charge in [-0.25, -0.2) is 4.39 Å². The molecule has 4 nitrogen and oxygen atoms in total. The molecule has 1 fully saturated rings. The highest BCUT2D eigenvalue weighted by Crippen LogP contribution is 2.51. The Bertz CT molecular complexity index is 473. The largest absolute Gasteiger partial charge is 0.491 e. The van der Waals surface area contributed by atoms with Crippen molar-refractivity contribution in [3.63, 3.8) is 0 Å². The first-order chi connectivity index (χ1) is 9.38. The molecule has 20 heavy (non-hydrogen) atoms. The number of aliphatic hydroxyl groups excluding tert-OH is 1. The van der Waals surface area contributed by atoms with E-state index in [9.17, 15) is 14.3 Å². The molecule has 0 saturated heterocycles. The van der Waals surface area contributed by atoms with E-state index < -0.39 is 6.10 Å². The van der Waals surface area contributed by atoms with Gasteiger partial charge in [0.1, 0.15) is 24.3 Å². The molecule has 0 spiro atoms. The van der Waals surface area contributed by atoms with E-state index in [0.29, 0.717) is 5.75 Å². The van der Waals surface area contributed by atoms with E-state index in [0.717, 1.165) is 6.42 Å². The summed E-state index contributed by atoms with van der Waals surface area (Å²) in [7, 11) is 0. The summed E-state index contributed by atoms with van der Waals surface area (Å²) < 4.78 is 18.0. The highest BCUT2D eigenvalue weighted by molar-refractivity contribution is 5.82. The summed E-state index contributed by atoms with van der Waals surface area (Å²) in [5.74, 6) is 0.181. The van der Waals surface area contributed by atoms with Gasteiger partial charge in [0, 0.05) is 12.5 Å². The van der Waals surface area contributed by atoms with Crippen LogP contribution in [0.1, 0.15) is 20.3 Å². The van der Waals surface area contributed by atoms with Crippen molar-refractivity contribution in [3.05, 3.63) is 30.1 Å². The molecule has 0 aromatic heterocycles. The van der Waals surface area contributed by atoms with Crippen molar-refractivity contribution in [2.75, 3.05) is 13.2 Å². The molecule has 0 radical (unpaired) electrons. The van der Waals surface area contributed by atoms with Crippen LogP contribution >= 0.6 is 0 Å². The Morgan fingerprint density at radius 3 is 2.65 bits per heavy atom. The monoisotopic (exact) mass is 281 g/mol. The lowest BCUT2D eigenvalue weighted by Crippen LogP contribution is -2.36. The fourth-order valence-corrected chi connectivity index (χ4v) is 2.04. The molecule has 1 aromatic rings. The quantitative estimate of drug-likeness (QED) is 0.835. The number of hydrogen-bond donors (Lipinski definition) is 2. The van der Waals surface area contributed by atoms with Crippen LogP contribution in [0.25, 0.3) is 0 Å². The number of halogens is 1. The Balaban J connectivity index is 1.67. The SMILES string of the molecule is CC1(C)C[C@@H]1C(=O)NCC(O)COc1ccc(F)cc1. The van der Waals surface area contributed by atoms with Gasteiger partial charge < -0.3 is 15.2 Å². The molecular weight excluding hydrogens is 261 g/mol. The predicted molar refractivity (Wildman–Crippen MR) is 72.8 cm³/mol. The molecule has 2 rings (SSSR count). The predicted octanol–water partition coefficient (Wildman–Crippen LogP) is 1.73. The average molecular weight is 281 g/mol. The molecule has 2 atom stereocenters. The van der Waals surface area contributed by atoms with E-state index in [1.165, 1.54) is 24.3 Å². The number of benzene rings is 1. The third-order valence-electron chi connectivity index (χ3n) is 3.60. The summed E-state index contributed by atoms with van der Waals surface area (Å²) in [6, 6.07) is 5.57. The highest BCUT2D eigenvalue weighted by Gasteiger charge is 2.50. The summed E-state index contributed by atoms with van der Waals surface area (Å²) in [4.78, 5) is 11.7. The van der Waals surface area contributed by atoms with Crippen LogP contribution in [0.2, 0.25) is 0 Å². The Morgan fingerprint density at radius 1 is 1.50 bits per heavy atom. The standard InChI is InChI=1S/C15H20FNO3/c1-15(2)7-13(15)14(19)17-8-11(18)9-20-12-5-3-10(16)4-6-12/h3-6,11,13,18H,7-9H2,1-2H3,(H,17,19)/t11?,13-/m1/s1. The van der Waals surface area contributed by atoms with E-state index in [1.807, 2.05) is 13.8 Å². The number of hydrogen-bond acceptors (Lipinski definition) is 3. The maximum atomic E-state index is 12.7. The van der Waals surface area contributed by atoms with Crippen molar-refractivity contribution in [2.24, 2.45) is 11.3 Å². The van der Waals surface area contributed by atoms with Crippen molar-refractivity contribution in [3.8, 4) is 5.75 Å². The fourth-order valence-electron chi connectivity index (χ4n) is 2.04. The Morgan fingerprint density at radius 2 is 2.10 bits per heavy atom. The minimum Gasteiger partial charge on any atom is -0.491 e. The first-order valence-electron chi connectivity index (χ1n) is 6.72. The normalized spacial score (nSPS) is 21.1. The number of carbonyl (C=O) groups is 1. The van der Waals surface area contributed by atoms with Gasteiger partial charge in [-0.2, -0.15) is 0 Å². The van der Waals surface area contributed by atoms with Crippen molar-refractivity contribution in [1.82, 2.24) is 5.32 Å². The molecule has 0 bridgehead atoms. The van der Waals surface area contributed by atoms with Crippen LogP contribution in [0.3, 0.4) is 0 Å². The topological polar surface area (TPSA) is 58.6 Å². The summed E-state index contributed by atoms with van der Waals surface area (Å²) in [6.45, 7) is 4.31. The summed E-state index contributed by atoms with van der Waals surface area (Å²) >= 11 is 0. The second-order valence-corrected chi connectivity index (χ2v) is 5.91. The molecule has 0 aliphatic heterocycles. The lowest BCUT2D eigenvalue weighted by atomic mass is 10.1. The summed E-state index contributed by atoms with van der Waals surface area (Å²) in [5.41, 5.74) is 0.0830. The first-order valence-corrected chi connectivity index (χ1v) is 6.72. The minimum atomic E-state index is -0.786. The highest BCUT2D eigenvalue weighted by atomic mass is 19.1. The van der Waals surface area contributed by atoms with E-state index in [2.05, 4.69) is 5.32 Å². The number of ether oxygens (including phenoxy) is 1. The number of aliphatic hydroxyl groups is 1. The van der Waals surface area contributed by atoms with E-state index in [1.54, 1.807) is 0 Å². The Labute approximate surface area is 117 Å². The first kappa shape index (κ1) is 14.8. The van der Waals surface area contributed by atoms with Crippen molar-refractivity contribution in [1.29, 1.82) is 0 Å². The van der Waals surface area contributed by atoms with Crippen molar-refractivity contribution >= 4 is 5.91 Å². The molecule has 1 aliphatic rings. The summed E-state index contributed by atoms with van der Waals surface area (Å²) in [6.07, 6.45) is 0.104. The van der Waals surface area contributed by atoms with Crippen molar-refractivity contribution in [2.45, 2.75) is 26.4 Å². The second-order valence-electron chi connectivity index (χ2n) is 5.91. The lowest BCUT2D eigenvalue weighted by molar-refractivity contribution is -0.123. The van der Waals surface area contributed by atoms with Crippen LogP contribution in [-0.4, -0.2) is 30.3 Å². The van der Waals surface area contributed by atoms with E-state index in [-0.39, 0.29) is 36.2 Å². The van der Waals surface area contributed by atoms with Gasteiger partial charge in [-0.15, -0.1) is 0 Å². The van der Waals surface area contributed by atoms with Crippen LogP contribution in [0.15, 0.2) is 24.3 Å². The molecule has 1 unspecified atom stereocenters. The maximum absolute atomic E-state index is 12.7. The lowest BCUT2D eigenvalue weighted by Gasteiger charge is -2.13. The molecule has 1 aromatic carbocycles. The smallest absolute Gasteiger partial charge is 0.223 e.